The van der Waals surface area contributed by atoms with Crippen molar-refractivity contribution in [2.24, 2.45) is 11.7 Å². The number of benzene rings is 1. The van der Waals surface area contributed by atoms with Gasteiger partial charge in [0.2, 0.25) is 0 Å². The summed E-state index contributed by atoms with van der Waals surface area (Å²) < 4.78 is 0. The van der Waals surface area contributed by atoms with Crippen LogP contribution in [-0.2, 0) is 6.54 Å². The van der Waals surface area contributed by atoms with Crippen LogP contribution in [0.4, 0.5) is 5.69 Å². The van der Waals surface area contributed by atoms with Crippen LogP contribution in [0.25, 0.3) is 0 Å². The number of likely N-dealkylation sites (tertiary alicyclic amines) is 1. The number of piperidine rings is 1. The Morgan fingerprint density at radius 2 is 2.00 bits per heavy atom. The maximum absolute atomic E-state index is 6.04. The molecule has 0 spiro atoms. The lowest BCUT2D eigenvalue weighted by Gasteiger charge is -2.34. The van der Waals surface area contributed by atoms with Crippen molar-refractivity contribution in [3.8, 4) is 0 Å². The molecule has 0 aromatic heterocycles. The van der Waals surface area contributed by atoms with E-state index in [9.17, 15) is 0 Å². The van der Waals surface area contributed by atoms with Crippen molar-refractivity contribution in [2.45, 2.75) is 32.4 Å². The molecule has 2 N–H and O–H groups in total. The van der Waals surface area contributed by atoms with Gasteiger partial charge in [0.1, 0.15) is 0 Å². The average molecular weight is 261 g/mol. The molecule has 1 aromatic rings. The third-order valence-corrected chi connectivity index (χ3v) is 4.14. The number of nitrogens with zero attached hydrogens (tertiary/aromatic N) is 2. The van der Waals surface area contributed by atoms with Gasteiger partial charge in [0, 0.05) is 38.9 Å². The largest absolute Gasteiger partial charge is 0.378 e. The minimum Gasteiger partial charge on any atom is -0.378 e. The first kappa shape index (κ1) is 14.4. The van der Waals surface area contributed by atoms with Gasteiger partial charge in [0.15, 0.2) is 0 Å². The van der Waals surface area contributed by atoms with Crippen molar-refractivity contribution in [3.05, 3.63) is 29.8 Å². The summed E-state index contributed by atoms with van der Waals surface area (Å²) in [6.45, 7) is 5.54. The van der Waals surface area contributed by atoms with Gasteiger partial charge in [0.05, 0.1) is 0 Å². The molecule has 3 heteroatoms. The lowest BCUT2D eigenvalue weighted by molar-refractivity contribution is 0.154. The van der Waals surface area contributed by atoms with Crippen LogP contribution >= 0.6 is 0 Å². The molecule has 106 valence electrons. The maximum atomic E-state index is 6.04. The van der Waals surface area contributed by atoms with E-state index in [1.165, 1.54) is 30.6 Å². The minimum atomic E-state index is 0.318. The Balaban J connectivity index is 1.93. The molecule has 1 fully saturated rings. The quantitative estimate of drug-likeness (QED) is 0.903. The molecule has 1 aromatic carbocycles. The predicted octanol–water partition coefficient (Wildman–Crippen LogP) is 2.31. The first-order valence-electron chi connectivity index (χ1n) is 7.30. The lowest BCUT2D eigenvalue weighted by atomic mass is 9.92. The second-order valence-corrected chi connectivity index (χ2v) is 6.06. The molecule has 1 heterocycles. The van der Waals surface area contributed by atoms with Crippen LogP contribution in [-0.4, -0.2) is 38.1 Å². The standard InChI is InChI=1S/C16H27N3/c1-13(17)15-5-4-10-19(12-15)11-14-6-8-16(9-7-14)18(2)3/h6-9,13,15H,4-5,10-12,17H2,1-3H3. The summed E-state index contributed by atoms with van der Waals surface area (Å²) in [6.07, 6.45) is 2.57. The number of anilines is 1. The number of hydrogen-bond donors (Lipinski definition) is 1. The normalized spacial score (nSPS) is 22.2. The van der Waals surface area contributed by atoms with Crippen molar-refractivity contribution in [2.75, 3.05) is 32.1 Å². The van der Waals surface area contributed by atoms with E-state index < -0.39 is 0 Å². The van der Waals surface area contributed by atoms with E-state index in [1.54, 1.807) is 0 Å². The van der Waals surface area contributed by atoms with Crippen LogP contribution < -0.4 is 10.6 Å². The van der Waals surface area contributed by atoms with Crippen LogP contribution in [0.5, 0.6) is 0 Å². The van der Waals surface area contributed by atoms with Gasteiger partial charge in [0.25, 0.3) is 0 Å². The molecule has 19 heavy (non-hydrogen) atoms. The van der Waals surface area contributed by atoms with E-state index >= 15 is 0 Å². The molecule has 2 rings (SSSR count). The zero-order valence-corrected chi connectivity index (χ0v) is 12.5. The highest BCUT2D eigenvalue weighted by molar-refractivity contribution is 5.45. The van der Waals surface area contributed by atoms with Gasteiger partial charge in [-0.25, -0.2) is 0 Å². The third-order valence-electron chi connectivity index (χ3n) is 4.14. The second-order valence-electron chi connectivity index (χ2n) is 6.06. The molecule has 2 unspecified atom stereocenters. The van der Waals surface area contributed by atoms with E-state index in [0.29, 0.717) is 12.0 Å². The smallest absolute Gasteiger partial charge is 0.0361 e. The molecule has 0 aliphatic carbocycles. The van der Waals surface area contributed by atoms with Gasteiger partial charge in [-0.2, -0.15) is 0 Å². The van der Waals surface area contributed by atoms with Crippen molar-refractivity contribution in [3.63, 3.8) is 0 Å². The molecule has 1 aliphatic heterocycles. The van der Waals surface area contributed by atoms with Crippen LogP contribution in [0.1, 0.15) is 25.3 Å². The third kappa shape index (κ3) is 3.95. The monoisotopic (exact) mass is 261 g/mol. The SMILES string of the molecule is CC(N)C1CCCN(Cc2ccc(N(C)C)cc2)C1. The van der Waals surface area contributed by atoms with Crippen molar-refractivity contribution < 1.29 is 0 Å². The van der Waals surface area contributed by atoms with E-state index in [1.807, 2.05) is 0 Å². The Hall–Kier alpha value is -1.06. The summed E-state index contributed by atoms with van der Waals surface area (Å²) in [4.78, 5) is 4.68. The molecule has 2 atom stereocenters. The fourth-order valence-electron chi connectivity index (χ4n) is 2.82. The second kappa shape index (κ2) is 6.40. The minimum absolute atomic E-state index is 0.318. The molecule has 0 bridgehead atoms. The molecule has 3 nitrogen and oxygen atoms in total. The molecular weight excluding hydrogens is 234 g/mol. The van der Waals surface area contributed by atoms with E-state index in [-0.39, 0.29) is 0 Å². The van der Waals surface area contributed by atoms with Gasteiger partial charge < -0.3 is 10.6 Å². The van der Waals surface area contributed by atoms with Gasteiger partial charge in [-0.05, 0) is 49.9 Å². The Morgan fingerprint density at radius 1 is 1.32 bits per heavy atom. The Morgan fingerprint density at radius 3 is 2.58 bits per heavy atom. The zero-order valence-electron chi connectivity index (χ0n) is 12.5. The van der Waals surface area contributed by atoms with Gasteiger partial charge in [-0.15, -0.1) is 0 Å². The molecular formula is C16H27N3. The fraction of sp³-hybridized carbons (Fsp3) is 0.625. The van der Waals surface area contributed by atoms with Crippen molar-refractivity contribution in [1.29, 1.82) is 0 Å². The van der Waals surface area contributed by atoms with Gasteiger partial charge >= 0.3 is 0 Å². The van der Waals surface area contributed by atoms with Crippen molar-refractivity contribution >= 4 is 5.69 Å². The predicted molar refractivity (Wildman–Crippen MR) is 82.4 cm³/mol. The molecule has 0 amide bonds. The van der Waals surface area contributed by atoms with Crippen molar-refractivity contribution in [1.82, 2.24) is 4.90 Å². The number of rotatable bonds is 4. The van der Waals surface area contributed by atoms with Gasteiger partial charge in [-0.3, -0.25) is 4.90 Å². The molecule has 1 saturated heterocycles. The summed E-state index contributed by atoms with van der Waals surface area (Å²) in [7, 11) is 4.15. The Kier molecular flexibility index (Phi) is 4.83. The van der Waals surface area contributed by atoms with Crippen LogP contribution in [0, 0.1) is 5.92 Å². The summed E-state index contributed by atoms with van der Waals surface area (Å²) in [5.41, 5.74) is 8.70. The average Bonchev–Trinajstić information content (AvgIpc) is 2.39. The first-order chi connectivity index (χ1) is 9.06. The van der Waals surface area contributed by atoms with E-state index in [4.69, 9.17) is 5.73 Å². The fourth-order valence-corrected chi connectivity index (χ4v) is 2.82. The topological polar surface area (TPSA) is 32.5 Å². The molecule has 0 radical (unpaired) electrons. The first-order valence-corrected chi connectivity index (χ1v) is 7.30. The molecule has 1 aliphatic rings. The van der Waals surface area contributed by atoms with Gasteiger partial charge in [-0.1, -0.05) is 12.1 Å². The summed E-state index contributed by atoms with van der Waals surface area (Å²) in [6, 6.07) is 9.19. The molecule has 0 saturated carbocycles. The summed E-state index contributed by atoms with van der Waals surface area (Å²) in [5, 5.41) is 0. The van der Waals surface area contributed by atoms with Crippen LogP contribution in [0.3, 0.4) is 0 Å². The maximum Gasteiger partial charge on any atom is 0.0361 e. The Bertz CT molecular complexity index is 383. The zero-order chi connectivity index (χ0) is 13.8. The summed E-state index contributed by atoms with van der Waals surface area (Å²) in [5.74, 6) is 0.662. The number of hydrogen-bond acceptors (Lipinski definition) is 3. The Labute approximate surface area is 117 Å². The van der Waals surface area contributed by atoms with E-state index in [0.717, 1.165) is 13.1 Å². The highest BCUT2D eigenvalue weighted by Crippen LogP contribution is 2.21. The lowest BCUT2D eigenvalue weighted by Crippen LogP contribution is -2.41. The van der Waals surface area contributed by atoms with Crippen LogP contribution in [0.2, 0.25) is 0 Å². The summed E-state index contributed by atoms with van der Waals surface area (Å²) >= 11 is 0. The number of nitrogens with two attached hydrogens (primary N) is 1. The highest BCUT2D eigenvalue weighted by atomic mass is 15.1. The van der Waals surface area contributed by atoms with E-state index in [2.05, 4.69) is 55.1 Å². The highest BCUT2D eigenvalue weighted by Gasteiger charge is 2.22. The van der Waals surface area contributed by atoms with Crippen LogP contribution in [0.15, 0.2) is 24.3 Å².